The SMILES string of the molecule is CC(C)(C)C.N#CC(N=C(c1ccccc1)c1ccccc1)C(N)=O.N#CCN=C(c1ccccc1)c1ccccc1. The molecule has 4 aromatic carbocycles. The molecular formula is C36H37N5O. The molecule has 0 spiro atoms. The Kier molecular flexibility index (Phi) is 13.6. The third-order valence-corrected chi connectivity index (χ3v) is 5.15. The molecule has 1 atom stereocenters. The predicted octanol–water partition coefficient (Wildman–Crippen LogP) is 7.00. The van der Waals surface area contributed by atoms with Gasteiger partial charge in [0.1, 0.15) is 6.54 Å². The number of aliphatic imine (C=N–C) groups is 2. The number of nitriles is 2. The summed E-state index contributed by atoms with van der Waals surface area (Å²) in [5.41, 5.74) is 10.9. The van der Waals surface area contributed by atoms with Crippen molar-refractivity contribution in [3.8, 4) is 12.1 Å². The van der Waals surface area contributed by atoms with E-state index in [-0.39, 0.29) is 6.54 Å². The van der Waals surface area contributed by atoms with Gasteiger partial charge in [-0.2, -0.15) is 10.5 Å². The molecule has 1 amide bonds. The quantitative estimate of drug-likeness (QED) is 0.195. The molecule has 4 aromatic rings. The van der Waals surface area contributed by atoms with Gasteiger partial charge in [0, 0.05) is 22.3 Å². The van der Waals surface area contributed by atoms with Crippen molar-refractivity contribution in [3.05, 3.63) is 144 Å². The zero-order chi connectivity index (χ0) is 30.8. The van der Waals surface area contributed by atoms with Crippen LogP contribution in [0, 0.1) is 28.1 Å². The first-order valence-electron chi connectivity index (χ1n) is 13.5. The standard InChI is InChI=1S/C16H13N3O.C15H12N2.C5H12/c17-11-14(16(18)20)19-15(12-7-3-1-4-8-12)13-9-5-2-6-10-13;16-11-12-17-15(13-7-3-1-4-8-13)14-9-5-2-6-10-14;1-5(2,3)4/h1-10,14H,(H2,18,20);1-10H,12H2;1-4H3. The Morgan fingerprint density at radius 3 is 1.24 bits per heavy atom. The first-order chi connectivity index (χ1) is 20.1. The summed E-state index contributed by atoms with van der Waals surface area (Å²) in [6.07, 6.45) is 0. The molecule has 0 aliphatic carbocycles. The van der Waals surface area contributed by atoms with Crippen molar-refractivity contribution in [2.24, 2.45) is 21.1 Å². The van der Waals surface area contributed by atoms with Gasteiger partial charge in [-0.3, -0.25) is 14.8 Å². The van der Waals surface area contributed by atoms with E-state index in [1.807, 2.05) is 127 Å². The fourth-order valence-corrected chi connectivity index (χ4v) is 3.45. The highest BCUT2D eigenvalue weighted by Gasteiger charge is 2.15. The Morgan fingerprint density at radius 1 is 0.667 bits per heavy atom. The van der Waals surface area contributed by atoms with Crippen LogP contribution in [0.4, 0.5) is 0 Å². The maximum atomic E-state index is 11.2. The lowest BCUT2D eigenvalue weighted by Crippen LogP contribution is -2.27. The molecule has 42 heavy (non-hydrogen) atoms. The maximum Gasteiger partial charge on any atom is 0.256 e. The summed E-state index contributed by atoms with van der Waals surface area (Å²) in [4.78, 5) is 19.8. The molecule has 0 heterocycles. The van der Waals surface area contributed by atoms with Crippen LogP contribution in [0.15, 0.2) is 131 Å². The molecule has 6 heteroatoms. The molecule has 0 saturated carbocycles. The second kappa shape index (κ2) is 17.4. The monoisotopic (exact) mass is 555 g/mol. The first kappa shape index (κ1) is 32.9. The molecule has 0 bridgehead atoms. The van der Waals surface area contributed by atoms with Gasteiger partial charge >= 0.3 is 0 Å². The second-order valence-corrected chi connectivity index (χ2v) is 10.7. The van der Waals surface area contributed by atoms with Crippen LogP contribution in [-0.4, -0.2) is 29.9 Å². The van der Waals surface area contributed by atoms with Gasteiger partial charge in [-0.1, -0.05) is 149 Å². The Balaban J connectivity index is 0.000000256. The van der Waals surface area contributed by atoms with E-state index in [4.69, 9.17) is 16.3 Å². The number of benzene rings is 4. The fourth-order valence-electron chi connectivity index (χ4n) is 3.45. The Hall–Kier alpha value is -5.33. The average Bonchev–Trinajstić information content (AvgIpc) is 2.99. The van der Waals surface area contributed by atoms with Crippen LogP contribution < -0.4 is 5.73 Å². The number of nitrogens with two attached hydrogens (primary N) is 1. The van der Waals surface area contributed by atoms with Crippen LogP contribution in [0.25, 0.3) is 0 Å². The van der Waals surface area contributed by atoms with E-state index in [9.17, 15) is 4.79 Å². The number of rotatable bonds is 7. The molecule has 0 aliphatic heterocycles. The number of hydrogen-bond donors (Lipinski definition) is 1. The second-order valence-electron chi connectivity index (χ2n) is 10.7. The molecule has 0 aliphatic rings. The number of hydrogen-bond acceptors (Lipinski definition) is 5. The summed E-state index contributed by atoms with van der Waals surface area (Å²) in [6.45, 7) is 8.93. The molecule has 4 rings (SSSR count). The zero-order valence-electron chi connectivity index (χ0n) is 24.6. The van der Waals surface area contributed by atoms with E-state index < -0.39 is 11.9 Å². The Morgan fingerprint density at radius 2 is 0.976 bits per heavy atom. The van der Waals surface area contributed by atoms with Crippen LogP contribution in [0.2, 0.25) is 0 Å². The van der Waals surface area contributed by atoms with E-state index in [1.165, 1.54) is 0 Å². The van der Waals surface area contributed by atoms with Gasteiger partial charge in [-0.15, -0.1) is 0 Å². The summed E-state index contributed by atoms with van der Waals surface area (Å²) in [5, 5.41) is 17.6. The van der Waals surface area contributed by atoms with E-state index >= 15 is 0 Å². The lowest BCUT2D eigenvalue weighted by atomic mass is 10.0. The molecule has 6 nitrogen and oxygen atoms in total. The molecule has 0 saturated heterocycles. The summed E-state index contributed by atoms with van der Waals surface area (Å²) in [6, 6.07) is 41.3. The molecule has 2 N–H and O–H groups in total. The van der Waals surface area contributed by atoms with Crippen molar-refractivity contribution in [1.82, 2.24) is 0 Å². The van der Waals surface area contributed by atoms with E-state index in [1.54, 1.807) is 0 Å². The van der Waals surface area contributed by atoms with E-state index in [0.29, 0.717) is 11.1 Å². The normalized spacial score (nSPS) is 10.5. The summed E-state index contributed by atoms with van der Waals surface area (Å²) < 4.78 is 0. The third kappa shape index (κ3) is 12.2. The number of nitrogens with zero attached hydrogens (tertiary/aromatic N) is 4. The number of amides is 1. The lowest BCUT2D eigenvalue weighted by molar-refractivity contribution is -0.118. The van der Waals surface area contributed by atoms with Gasteiger partial charge < -0.3 is 5.73 Å². The summed E-state index contributed by atoms with van der Waals surface area (Å²) in [5.74, 6) is -0.753. The van der Waals surface area contributed by atoms with Gasteiger partial charge in [0.2, 0.25) is 6.04 Å². The molecule has 0 radical (unpaired) electrons. The van der Waals surface area contributed by atoms with E-state index in [0.717, 1.165) is 28.0 Å². The minimum absolute atomic E-state index is 0.180. The number of carbonyl (C=O) groups is 1. The van der Waals surface area contributed by atoms with Crippen LogP contribution in [-0.2, 0) is 4.79 Å². The van der Waals surface area contributed by atoms with Gasteiger partial charge in [0.25, 0.3) is 5.91 Å². The van der Waals surface area contributed by atoms with Crippen molar-refractivity contribution in [2.45, 2.75) is 33.7 Å². The van der Waals surface area contributed by atoms with Crippen LogP contribution >= 0.6 is 0 Å². The molecule has 0 fully saturated rings. The fraction of sp³-hybridized carbons (Fsp3) is 0.194. The maximum absolute atomic E-state index is 11.2. The number of carbonyl (C=O) groups excluding carboxylic acids is 1. The van der Waals surface area contributed by atoms with Crippen LogP contribution in [0.3, 0.4) is 0 Å². The van der Waals surface area contributed by atoms with Gasteiger partial charge in [0.05, 0.1) is 23.6 Å². The topological polar surface area (TPSA) is 115 Å². The highest BCUT2D eigenvalue weighted by Crippen LogP contribution is 2.13. The third-order valence-electron chi connectivity index (χ3n) is 5.15. The minimum Gasteiger partial charge on any atom is -0.367 e. The molecule has 212 valence electrons. The summed E-state index contributed by atoms with van der Waals surface area (Å²) >= 11 is 0. The Bertz CT molecular complexity index is 1420. The van der Waals surface area contributed by atoms with Crippen molar-refractivity contribution in [1.29, 1.82) is 10.5 Å². The molecular weight excluding hydrogens is 518 g/mol. The average molecular weight is 556 g/mol. The highest BCUT2D eigenvalue weighted by atomic mass is 16.1. The summed E-state index contributed by atoms with van der Waals surface area (Å²) in [7, 11) is 0. The van der Waals surface area contributed by atoms with Gasteiger partial charge in [0.15, 0.2) is 0 Å². The zero-order valence-corrected chi connectivity index (χ0v) is 24.6. The number of primary amides is 1. The molecule has 0 aromatic heterocycles. The van der Waals surface area contributed by atoms with Crippen LogP contribution in [0.5, 0.6) is 0 Å². The van der Waals surface area contributed by atoms with Crippen LogP contribution in [0.1, 0.15) is 49.9 Å². The predicted molar refractivity (Wildman–Crippen MR) is 171 cm³/mol. The van der Waals surface area contributed by atoms with Crippen molar-refractivity contribution >= 4 is 17.3 Å². The van der Waals surface area contributed by atoms with Crippen molar-refractivity contribution in [2.75, 3.05) is 6.54 Å². The molecule has 1 unspecified atom stereocenters. The van der Waals surface area contributed by atoms with Crippen molar-refractivity contribution in [3.63, 3.8) is 0 Å². The van der Waals surface area contributed by atoms with Gasteiger partial charge in [-0.05, 0) is 5.41 Å². The smallest absolute Gasteiger partial charge is 0.256 e. The first-order valence-corrected chi connectivity index (χ1v) is 13.5. The van der Waals surface area contributed by atoms with E-state index in [2.05, 4.69) is 43.7 Å². The minimum atomic E-state index is -1.19. The largest absolute Gasteiger partial charge is 0.367 e. The van der Waals surface area contributed by atoms with Gasteiger partial charge in [-0.25, -0.2) is 0 Å². The lowest BCUT2D eigenvalue weighted by Gasteiger charge is -2.09. The highest BCUT2D eigenvalue weighted by molar-refractivity contribution is 6.14. The van der Waals surface area contributed by atoms with Crippen molar-refractivity contribution < 1.29 is 4.79 Å². The Labute approximate surface area is 249 Å².